The molecular weight excluding hydrogens is 320 g/mol. The smallest absolute Gasteiger partial charge is 0.229 e. The molecule has 6 heteroatoms. The number of rotatable bonds is 3. The minimum Gasteiger partial charge on any atom is -0.339 e. The summed E-state index contributed by atoms with van der Waals surface area (Å²) in [5.74, 6) is 1.99. The first-order chi connectivity index (χ1) is 9.72. The van der Waals surface area contributed by atoms with E-state index in [1.165, 1.54) is 38.5 Å². The van der Waals surface area contributed by atoms with Crippen LogP contribution in [0.3, 0.4) is 0 Å². The minimum atomic E-state index is 0.450. The monoisotopic (exact) mass is 338 g/mol. The van der Waals surface area contributed by atoms with Gasteiger partial charge >= 0.3 is 0 Å². The second kappa shape index (κ2) is 6.08. The Hall–Kier alpha value is -1.17. The summed E-state index contributed by atoms with van der Waals surface area (Å²) in [7, 11) is 1.90. The highest BCUT2D eigenvalue weighted by molar-refractivity contribution is 9.10. The van der Waals surface area contributed by atoms with Crippen LogP contribution >= 0.6 is 15.9 Å². The van der Waals surface area contributed by atoms with Crippen molar-refractivity contribution in [3.8, 4) is 0 Å². The lowest BCUT2D eigenvalue weighted by atomic mass is 10.0. The van der Waals surface area contributed by atoms with E-state index in [9.17, 15) is 0 Å². The van der Waals surface area contributed by atoms with Crippen LogP contribution in [0.15, 0.2) is 15.2 Å². The molecule has 1 aliphatic carbocycles. The van der Waals surface area contributed by atoms with Gasteiger partial charge in [-0.15, -0.1) is 0 Å². The molecule has 2 heterocycles. The molecule has 1 fully saturated rings. The molecule has 2 aromatic heterocycles. The van der Waals surface area contributed by atoms with Crippen LogP contribution in [-0.2, 0) is 13.5 Å². The molecule has 1 saturated carbocycles. The van der Waals surface area contributed by atoms with E-state index >= 15 is 0 Å². The van der Waals surface area contributed by atoms with Crippen LogP contribution < -0.4 is 0 Å². The lowest BCUT2D eigenvalue weighted by Gasteiger charge is -2.06. The maximum atomic E-state index is 5.47. The van der Waals surface area contributed by atoms with Gasteiger partial charge in [0.1, 0.15) is 0 Å². The molecule has 0 radical (unpaired) electrons. The Bertz CT molecular complexity index is 569. The van der Waals surface area contributed by atoms with Crippen LogP contribution in [-0.4, -0.2) is 19.9 Å². The first-order valence-electron chi connectivity index (χ1n) is 7.23. The number of aryl methyl sites for hydroxylation is 1. The van der Waals surface area contributed by atoms with Crippen molar-refractivity contribution in [2.75, 3.05) is 0 Å². The molecule has 0 aliphatic heterocycles. The molecule has 0 bridgehead atoms. The van der Waals surface area contributed by atoms with E-state index in [4.69, 9.17) is 4.52 Å². The predicted octanol–water partition coefficient (Wildman–Crippen LogP) is 3.59. The Kier molecular flexibility index (Phi) is 4.19. The van der Waals surface area contributed by atoms with Crippen LogP contribution in [0.1, 0.15) is 61.9 Å². The summed E-state index contributed by atoms with van der Waals surface area (Å²) in [4.78, 5) is 4.57. The van der Waals surface area contributed by atoms with Crippen molar-refractivity contribution in [3.05, 3.63) is 28.1 Å². The molecule has 1 aliphatic rings. The van der Waals surface area contributed by atoms with Crippen molar-refractivity contribution in [1.82, 2.24) is 19.9 Å². The predicted molar refractivity (Wildman–Crippen MR) is 78.5 cm³/mol. The van der Waals surface area contributed by atoms with Crippen molar-refractivity contribution >= 4 is 15.9 Å². The summed E-state index contributed by atoms with van der Waals surface area (Å²) < 4.78 is 8.24. The van der Waals surface area contributed by atoms with Gasteiger partial charge < -0.3 is 4.52 Å². The number of nitrogens with zero attached hydrogens (tertiary/aromatic N) is 4. The Labute approximate surface area is 126 Å². The summed E-state index contributed by atoms with van der Waals surface area (Å²) in [6, 6.07) is 0. The summed E-state index contributed by atoms with van der Waals surface area (Å²) in [5.41, 5.74) is 0.945. The molecule has 0 spiro atoms. The molecule has 2 aromatic rings. The zero-order valence-corrected chi connectivity index (χ0v) is 13.3. The largest absolute Gasteiger partial charge is 0.339 e. The van der Waals surface area contributed by atoms with E-state index in [0.29, 0.717) is 12.3 Å². The minimum absolute atomic E-state index is 0.450. The van der Waals surface area contributed by atoms with Gasteiger partial charge in [0, 0.05) is 19.2 Å². The molecule has 0 aromatic carbocycles. The molecule has 0 amide bonds. The fourth-order valence-corrected chi connectivity index (χ4v) is 3.32. The van der Waals surface area contributed by atoms with Crippen LogP contribution in [0, 0.1) is 0 Å². The topological polar surface area (TPSA) is 56.7 Å². The summed E-state index contributed by atoms with van der Waals surface area (Å²) in [5, 5.41) is 8.50. The number of halogens is 1. The molecule has 108 valence electrons. The van der Waals surface area contributed by atoms with Gasteiger partial charge in [-0.3, -0.25) is 4.68 Å². The average Bonchev–Trinajstić information content (AvgIpc) is 2.88. The zero-order valence-electron chi connectivity index (χ0n) is 11.7. The fourth-order valence-electron chi connectivity index (χ4n) is 2.81. The Morgan fingerprint density at radius 3 is 2.70 bits per heavy atom. The Balaban J connectivity index is 1.71. The van der Waals surface area contributed by atoms with Crippen molar-refractivity contribution < 1.29 is 4.52 Å². The maximum absolute atomic E-state index is 5.47. The molecule has 20 heavy (non-hydrogen) atoms. The first-order valence-corrected chi connectivity index (χ1v) is 8.02. The van der Waals surface area contributed by atoms with Crippen molar-refractivity contribution in [2.45, 2.75) is 50.9 Å². The number of hydrogen-bond donors (Lipinski definition) is 0. The van der Waals surface area contributed by atoms with Crippen LogP contribution in [0.2, 0.25) is 0 Å². The second-order valence-corrected chi connectivity index (χ2v) is 6.37. The van der Waals surface area contributed by atoms with Crippen LogP contribution in [0.5, 0.6) is 0 Å². The van der Waals surface area contributed by atoms with Crippen LogP contribution in [0.4, 0.5) is 0 Å². The molecular formula is C14H19BrN4O. The van der Waals surface area contributed by atoms with E-state index in [1.54, 1.807) is 4.68 Å². The molecule has 0 unspecified atom stereocenters. The van der Waals surface area contributed by atoms with Crippen LogP contribution in [0.25, 0.3) is 0 Å². The highest BCUT2D eigenvalue weighted by Crippen LogP contribution is 2.30. The van der Waals surface area contributed by atoms with E-state index in [2.05, 4.69) is 31.2 Å². The van der Waals surface area contributed by atoms with Crippen molar-refractivity contribution in [1.29, 1.82) is 0 Å². The summed E-state index contributed by atoms with van der Waals surface area (Å²) in [6.07, 6.45) is 10.1. The van der Waals surface area contributed by atoms with Gasteiger partial charge in [-0.25, -0.2) is 0 Å². The van der Waals surface area contributed by atoms with Gasteiger partial charge in [-0.05, 0) is 28.8 Å². The van der Waals surface area contributed by atoms with Gasteiger partial charge in [-0.1, -0.05) is 30.8 Å². The second-order valence-electron chi connectivity index (χ2n) is 5.51. The van der Waals surface area contributed by atoms with E-state index < -0.39 is 0 Å². The number of hydrogen-bond acceptors (Lipinski definition) is 4. The third-order valence-corrected chi connectivity index (χ3v) is 4.53. The summed E-state index contributed by atoms with van der Waals surface area (Å²) >= 11 is 3.50. The van der Waals surface area contributed by atoms with Gasteiger partial charge in [-0.2, -0.15) is 10.1 Å². The van der Waals surface area contributed by atoms with Gasteiger partial charge in [0.2, 0.25) is 5.89 Å². The van der Waals surface area contributed by atoms with Crippen molar-refractivity contribution in [3.63, 3.8) is 0 Å². The Morgan fingerprint density at radius 2 is 2.05 bits per heavy atom. The van der Waals surface area contributed by atoms with Crippen molar-refractivity contribution in [2.24, 2.45) is 7.05 Å². The molecule has 0 atom stereocenters. The van der Waals surface area contributed by atoms with E-state index in [1.807, 2.05) is 13.2 Å². The lowest BCUT2D eigenvalue weighted by molar-refractivity contribution is 0.337. The number of aromatic nitrogens is 4. The van der Waals surface area contributed by atoms with Gasteiger partial charge in [0.25, 0.3) is 0 Å². The van der Waals surface area contributed by atoms with Gasteiger partial charge in [0.05, 0.1) is 16.6 Å². The summed E-state index contributed by atoms with van der Waals surface area (Å²) in [6.45, 7) is 0. The van der Waals surface area contributed by atoms with E-state index in [0.717, 1.165) is 21.9 Å². The van der Waals surface area contributed by atoms with E-state index in [-0.39, 0.29) is 0 Å². The third kappa shape index (κ3) is 3.11. The quantitative estimate of drug-likeness (QED) is 0.802. The zero-order chi connectivity index (χ0) is 13.9. The molecule has 0 N–H and O–H groups in total. The fraction of sp³-hybridized carbons (Fsp3) is 0.643. The molecule has 5 nitrogen and oxygen atoms in total. The normalized spacial score (nSPS) is 17.3. The lowest BCUT2D eigenvalue weighted by Crippen LogP contribution is -1.99. The standard InChI is InChI=1S/C14H19BrN4O/c1-19-9-11(15)12(17-19)8-13-16-14(20-18-13)10-6-4-2-3-5-7-10/h9-10H,2-8H2,1H3. The van der Waals surface area contributed by atoms with Gasteiger partial charge in [0.15, 0.2) is 5.82 Å². The third-order valence-electron chi connectivity index (χ3n) is 3.87. The molecule has 0 saturated heterocycles. The highest BCUT2D eigenvalue weighted by Gasteiger charge is 2.21. The Morgan fingerprint density at radius 1 is 1.30 bits per heavy atom. The molecule has 3 rings (SSSR count). The highest BCUT2D eigenvalue weighted by atomic mass is 79.9. The SMILES string of the molecule is Cn1cc(Br)c(Cc2noc(C3CCCCCC3)n2)n1. The first kappa shape index (κ1) is 13.8. The maximum Gasteiger partial charge on any atom is 0.229 e. The average molecular weight is 339 g/mol.